The van der Waals surface area contributed by atoms with Crippen molar-refractivity contribution in [3.05, 3.63) is 11.4 Å². The van der Waals surface area contributed by atoms with Gasteiger partial charge in [0.1, 0.15) is 17.5 Å². The fraction of sp³-hybridized carbons (Fsp3) is 0.750. The maximum Gasteiger partial charge on any atom is 0.135 e. The van der Waals surface area contributed by atoms with E-state index >= 15 is 0 Å². The van der Waals surface area contributed by atoms with E-state index < -0.39 is 0 Å². The molecule has 0 bridgehead atoms. The molecule has 1 aromatic heterocycles. The summed E-state index contributed by atoms with van der Waals surface area (Å²) in [5.74, 6) is 2.90. The summed E-state index contributed by atoms with van der Waals surface area (Å²) >= 11 is 0. The predicted octanol–water partition coefficient (Wildman–Crippen LogP) is 2.91. The second-order valence-electron chi connectivity index (χ2n) is 6.53. The molecule has 1 heterocycles. The summed E-state index contributed by atoms with van der Waals surface area (Å²) in [5.41, 5.74) is 1.06. The molecule has 0 amide bonds. The number of aromatic nitrogens is 2. The van der Waals surface area contributed by atoms with Gasteiger partial charge in [-0.15, -0.1) is 0 Å². The van der Waals surface area contributed by atoms with E-state index in [0.29, 0.717) is 0 Å². The predicted molar refractivity (Wildman–Crippen MR) is 86.9 cm³/mol. The highest BCUT2D eigenvalue weighted by molar-refractivity contribution is 5.57. The molecule has 5 heteroatoms. The molecule has 1 aliphatic rings. The van der Waals surface area contributed by atoms with Gasteiger partial charge in [-0.2, -0.15) is 0 Å². The Morgan fingerprint density at radius 1 is 1.19 bits per heavy atom. The lowest BCUT2D eigenvalue weighted by atomic mass is 9.87. The van der Waals surface area contributed by atoms with Crippen LogP contribution in [0.3, 0.4) is 0 Å². The number of aliphatic hydroxyl groups is 1. The molecule has 0 saturated heterocycles. The quantitative estimate of drug-likeness (QED) is 0.752. The maximum absolute atomic E-state index is 9.72. The Kier molecular flexibility index (Phi) is 5.04. The van der Waals surface area contributed by atoms with Gasteiger partial charge in [0.2, 0.25) is 0 Å². The summed E-state index contributed by atoms with van der Waals surface area (Å²) in [5, 5.41) is 16.3. The molecule has 1 saturated carbocycles. The lowest BCUT2D eigenvalue weighted by molar-refractivity contribution is 0.142. The van der Waals surface area contributed by atoms with Crippen molar-refractivity contribution in [2.75, 3.05) is 30.8 Å². The van der Waals surface area contributed by atoms with E-state index in [0.717, 1.165) is 42.4 Å². The smallest absolute Gasteiger partial charge is 0.135 e. The highest BCUT2D eigenvalue weighted by Crippen LogP contribution is 2.38. The van der Waals surface area contributed by atoms with E-state index in [1.807, 2.05) is 14.0 Å². The molecule has 0 aliphatic heterocycles. The van der Waals surface area contributed by atoms with Crippen molar-refractivity contribution in [3.63, 3.8) is 0 Å². The van der Waals surface area contributed by atoms with Gasteiger partial charge in [-0.3, -0.25) is 0 Å². The molecule has 1 aromatic rings. The third-order valence-electron chi connectivity index (χ3n) is 4.55. The second kappa shape index (κ2) is 6.60. The third kappa shape index (κ3) is 3.46. The first-order chi connectivity index (χ1) is 10.0. The second-order valence-corrected chi connectivity index (χ2v) is 6.53. The Bertz CT molecular complexity index is 481. The van der Waals surface area contributed by atoms with Gasteiger partial charge >= 0.3 is 0 Å². The Labute approximate surface area is 127 Å². The Morgan fingerprint density at radius 3 is 2.33 bits per heavy atom. The van der Waals surface area contributed by atoms with Gasteiger partial charge in [0.05, 0.1) is 6.61 Å². The zero-order chi connectivity index (χ0) is 15.5. The van der Waals surface area contributed by atoms with Crippen LogP contribution in [0.15, 0.2) is 0 Å². The summed E-state index contributed by atoms with van der Waals surface area (Å²) in [6.07, 6.45) is 4.61. The first-order valence-corrected chi connectivity index (χ1v) is 7.92. The minimum Gasteiger partial charge on any atom is -0.396 e. The highest BCUT2D eigenvalue weighted by atomic mass is 16.3. The van der Waals surface area contributed by atoms with Crippen LogP contribution in [0.5, 0.6) is 0 Å². The van der Waals surface area contributed by atoms with Crippen LogP contribution in [0.25, 0.3) is 0 Å². The number of anilines is 2. The minimum absolute atomic E-state index is 0.0230. The number of aliphatic hydroxyl groups excluding tert-OH is 1. The molecule has 2 rings (SSSR count). The zero-order valence-corrected chi connectivity index (χ0v) is 13.7. The van der Waals surface area contributed by atoms with Crippen LogP contribution in [0.1, 0.15) is 56.8 Å². The van der Waals surface area contributed by atoms with Crippen molar-refractivity contribution < 1.29 is 5.11 Å². The van der Waals surface area contributed by atoms with Gasteiger partial charge in [-0.05, 0) is 19.8 Å². The fourth-order valence-corrected chi connectivity index (χ4v) is 2.99. The largest absolute Gasteiger partial charge is 0.396 e. The average Bonchev–Trinajstić information content (AvgIpc) is 2.95. The monoisotopic (exact) mass is 292 g/mol. The number of rotatable bonds is 6. The molecule has 118 valence electrons. The summed E-state index contributed by atoms with van der Waals surface area (Å²) in [6, 6.07) is 0. The van der Waals surface area contributed by atoms with Crippen LogP contribution < -0.4 is 10.6 Å². The van der Waals surface area contributed by atoms with Crippen molar-refractivity contribution >= 4 is 11.6 Å². The molecular weight excluding hydrogens is 264 g/mol. The normalized spacial score (nSPS) is 17.2. The SMILES string of the molecule is CNc1nc(C(C)C)nc(NCC2(CO)CCCC2)c1C. The van der Waals surface area contributed by atoms with Gasteiger partial charge in [0.15, 0.2) is 0 Å². The third-order valence-corrected chi connectivity index (χ3v) is 4.55. The topological polar surface area (TPSA) is 70.1 Å². The molecule has 3 N–H and O–H groups in total. The van der Waals surface area contributed by atoms with Crippen LogP contribution in [-0.2, 0) is 0 Å². The standard InChI is InChI=1S/C16H28N4O/c1-11(2)13-19-14(17-4)12(3)15(20-13)18-9-16(10-21)7-5-6-8-16/h11,21H,5-10H2,1-4H3,(H2,17,18,19,20). The van der Waals surface area contributed by atoms with Crippen molar-refractivity contribution in [2.24, 2.45) is 5.41 Å². The fourth-order valence-electron chi connectivity index (χ4n) is 2.99. The van der Waals surface area contributed by atoms with Crippen LogP contribution in [0.2, 0.25) is 0 Å². The number of hydrogen-bond acceptors (Lipinski definition) is 5. The van der Waals surface area contributed by atoms with Gasteiger partial charge in [-0.25, -0.2) is 9.97 Å². The molecular formula is C16H28N4O. The van der Waals surface area contributed by atoms with Crippen LogP contribution in [0.4, 0.5) is 11.6 Å². The van der Waals surface area contributed by atoms with Crippen molar-refractivity contribution in [3.8, 4) is 0 Å². The van der Waals surface area contributed by atoms with E-state index in [1.165, 1.54) is 12.8 Å². The molecule has 0 spiro atoms. The maximum atomic E-state index is 9.72. The molecule has 0 radical (unpaired) electrons. The van der Waals surface area contributed by atoms with Gasteiger partial charge < -0.3 is 15.7 Å². The Hall–Kier alpha value is -1.36. The molecule has 5 nitrogen and oxygen atoms in total. The molecule has 0 aromatic carbocycles. The van der Waals surface area contributed by atoms with E-state index in [9.17, 15) is 5.11 Å². The Balaban J connectivity index is 2.20. The van der Waals surface area contributed by atoms with E-state index in [4.69, 9.17) is 0 Å². The van der Waals surface area contributed by atoms with E-state index in [-0.39, 0.29) is 17.9 Å². The minimum atomic E-state index is 0.0230. The molecule has 21 heavy (non-hydrogen) atoms. The van der Waals surface area contributed by atoms with Crippen LogP contribution in [0, 0.1) is 12.3 Å². The summed E-state index contributed by atoms with van der Waals surface area (Å²) < 4.78 is 0. The molecule has 1 aliphatic carbocycles. The lowest BCUT2D eigenvalue weighted by Gasteiger charge is -2.27. The van der Waals surface area contributed by atoms with Crippen LogP contribution in [-0.4, -0.2) is 35.3 Å². The molecule has 1 fully saturated rings. The average molecular weight is 292 g/mol. The lowest BCUT2D eigenvalue weighted by Crippen LogP contribution is -2.31. The van der Waals surface area contributed by atoms with Crippen molar-refractivity contribution in [2.45, 2.75) is 52.4 Å². The summed E-state index contributed by atoms with van der Waals surface area (Å²) in [7, 11) is 1.88. The van der Waals surface area contributed by atoms with Crippen LogP contribution >= 0.6 is 0 Å². The number of nitrogens with one attached hydrogen (secondary N) is 2. The van der Waals surface area contributed by atoms with E-state index in [2.05, 4.69) is 34.4 Å². The Morgan fingerprint density at radius 2 is 1.81 bits per heavy atom. The molecule has 0 unspecified atom stereocenters. The van der Waals surface area contributed by atoms with E-state index in [1.54, 1.807) is 0 Å². The van der Waals surface area contributed by atoms with Gasteiger partial charge in [0, 0.05) is 30.5 Å². The van der Waals surface area contributed by atoms with Gasteiger partial charge in [0.25, 0.3) is 0 Å². The van der Waals surface area contributed by atoms with Crippen molar-refractivity contribution in [1.29, 1.82) is 0 Å². The van der Waals surface area contributed by atoms with Gasteiger partial charge in [-0.1, -0.05) is 26.7 Å². The van der Waals surface area contributed by atoms with Crippen molar-refractivity contribution in [1.82, 2.24) is 9.97 Å². The number of nitrogens with zero attached hydrogens (tertiary/aromatic N) is 2. The zero-order valence-electron chi connectivity index (χ0n) is 13.7. The molecule has 0 atom stereocenters. The number of hydrogen-bond donors (Lipinski definition) is 3. The first kappa shape index (κ1) is 16.0. The first-order valence-electron chi connectivity index (χ1n) is 7.92. The summed E-state index contributed by atoms with van der Waals surface area (Å²) in [6.45, 7) is 7.25. The highest BCUT2D eigenvalue weighted by Gasteiger charge is 2.33. The summed E-state index contributed by atoms with van der Waals surface area (Å²) in [4.78, 5) is 9.22.